The summed E-state index contributed by atoms with van der Waals surface area (Å²) in [5.74, 6) is 0.0435. The number of rotatable bonds is 6. The van der Waals surface area contributed by atoms with Crippen molar-refractivity contribution in [2.24, 2.45) is 0 Å². The van der Waals surface area contributed by atoms with Crippen LogP contribution < -0.4 is 5.32 Å². The van der Waals surface area contributed by atoms with Gasteiger partial charge in [-0.15, -0.1) is 12.6 Å². The molecule has 0 saturated heterocycles. The highest BCUT2D eigenvalue weighted by Crippen LogP contribution is 2.20. The molecule has 0 aliphatic heterocycles. The minimum atomic E-state index is 0.0435. The van der Waals surface area contributed by atoms with Crippen molar-refractivity contribution in [2.45, 2.75) is 43.1 Å². The average molecular weight is 279 g/mol. The first-order valence-electron chi connectivity index (χ1n) is 6.90. The van der Waals surface area contributed by atoms with Crippen molar-refractivity contribution < 1.29 is 9.53 Å². The van der Waals surface area contributed by atoms with E-state index in [-0.39, 0.29) is 5.91 Å². The van der Waals surface area contributed by atoms with Gasteiger partial charge in [-0.1, -0.05) is 25.0 Å². The highest BCUT2D eigenvalue weighted by molar-refractivity contribution is 7.80. The number of hydrogen-bond acceptors (Lipinski definition) is 3. The summed E-state index contributed by atoms with van der Waals surface area (Å²) in [6.07, 6.45) is 5.72. The predicted molar refractivity (Wildman–Crippen MR) is 78.6 cm³/mol. The van der Waals surface area contributed by atoms with Crippen molar-refractivity contribution >= 4 is 18.5 Å². The van der Waals surface area contributed by atoms with Crippen molar-refractivity contribution in [3.63, 3.8) is 0 Å². The Morgan fingerprint density at radius 1 is 1.26 bits per heavy atom. The maximum Gasteiger partial charge on any atom is 0.224 e. The number of ether oxygens (including phenoxy) is 1. The van der Waals surface area contributed by atoms with Crippen molar-refractivity contribution in [1.29, 1.82) is 0 Å². The van der Waals surface area contributed by atoms with Crippen LogP contribution >= 0.6 is 12.6 Å². The molecule has 1 saturated carbocycles. The fraction of sp³-hybridized carbons (Fsp3) is 0.533. The zero-order valence-corrected chi connectivity index (χ0v) is 12.0. The number of nitrogens with one attached hydrogen (secondary N) is 1. The summed E-state index contributed by atoms with van der Waals surface area (Å²) in [7, 11) is 0. The van der Waals surface area contributed by atoms with E-state index in [0.29, 0.717) is 25.7 Å². The van der Waals surface area contributed by atoms with Crippen LogP contribution in [-0.2, 0) is 16.0 Å². The number of amides is 1. The molecule has 1 amide bonds. The Bertz CT molecular complexity index is 399. The van der Waals surface area contributed by atoms with Gasteiger partial charge in [0.25, 0.3) is 0 Å². The molecule has 0 unspecified atom stereocenters. The van der Waals surface area contributed by atoms with Crippen LogP contribution in [0, 0.1) is 0 Å². The number of carbonyl (C=O) groups excluding carboxylic acids is 1. The first-order chi connectivity index (χ1) is 9.24. The molecule has 104 valence electrons. The molecule has 1 aromatic carbocycles. The van der Waals surface area contributed by atoms with E-state index in [9.17, 15) is 4.79 Å². The van der Waals surface area contributed by atoms with Crippen molar-refractivity contribution in [3.05, 3.63) is 29.8 Å². The van der Waals surface area contributed by atoms with Crippen LogP contribution in [0.1, 0.15) is 31.2 Å². The molecule has 19 heavy (non-hydrogen) atoms. The Balaban J connectivity index is 1.60. The second kappa shape index (κ2) is 7.56. The third-order valence-electron chi connectivity index (χ3n) is 3.38. The van der Waals surface area contributed by atoms with E-state index in [2.05, 4.69) is 17.9 Å². The van der Waals surface area contributed by atoms with E-state index < -0.39 is 0 Å². The van der Waals surface area contributed by atoms with Gasteiger partial charge in [0.15, 0.2) is 0 Å². The number of carbonyl (C=O) groups is 1. The fourth-order valence-electron chi connectivity index (χ4n) is 2.33. The normalized spacial score (nSPS) is 15.6. The standard InChI is InChI=1S/C15H21NO2S/c17-15(11-12-5-7-14(19)8-6-12)16-9-10-18-13-3-1-2-4-13/h5-8,13,19H,1-4,9-11H2,(H,16,17). The van der Waals surface area contributed by atoms with Crippen LogP contribution in [0.15, 0.2) is 29.2 Å². The predicted octanol–water partition coefficient (Wildman–Crippen LogP) is 2.59. The molecule has 1 N–H and O–H groups in total. The quantitative estimate of drug-likeness (QED) is 0.620. The van der Waals surface area contributed by atoms with Crippen LogP contribution in [0.3, 0.4) is 0 Å². The topological polar surface area (TPSA) is 38.3 Å². The largest absolute Gasteiger partial charge is 0.376 e. The molecule has 0 spiro atoms. The summed E-state index contributed by atoms with van der Waals surface area (Å²) in [5.41, 5.74) is 1.01. The number of benzene rings is 1. The Kier molecular flexibility index (Phi) is 5.73. The molecule has 0 atom stereocenters. The summed E-state index contributed by atoms with van der Waals surface area (Å²) in [4.78, 5) is 12.6. The molecule has 1 aliphatic carbocycles. The molecule has 3 nitrogen and oxygen atoms in total. The first kappa shape index (κ1) is 14.4. The molecule has 1 aromatic rings. The molecule has 2 rings (SSSR count). The molecular formula is C15H21NO2S. The van der Waals surface area contributed by atoms with E-state index >= 15 is 0 Å². The van der Waals surface area contributed by atoms with E-state index in [1.165, 1.54) is 25.7 Å². The Labute approximate surface area is 120 Å². The van der Waals surface area contributed by atoms with E-state index in [4.69, 9.17) is 4.74 Å². The van der Waals surface area contributed by atoms with Gasteiger partial charge >= 0.3 is 0 Å². The minimum absolute atomic E-state index is 0.0435. The molecule has 1 aliphatic rings. The summed E-state index contributed by atoms with van der Waals surface area (Å²) in [6, 6.07) is 7.65. The SMILES string of the molecule is O=C(Cc1ccc(S)cc1)NCCOC1CCCC1. The lowest BCUT2D eigenvalue weighted by atomic mass is 10.1. The smallest absolute Gasteiger partial charge is 0.224 e. The third-order valence-corrected chi connectivity index (χ3v) is 3.68. The Hall–Kier alpha value is -1.00. The van der Waals surface area contributed by atoms with Gasteiger partial charge in [0, 0.05) is 11.4 Å². The summed E-state index contributed by atoms with van der Waals surface area (Å²) in [6.45, 7) is 1.21. The monoisotopic (exact) mass is 279 g/mol. The lowest BCUT2D eigenvalue weighted by Crippen LogP contribution is -2.29. The summed E-state index contributed by atoms with van der Waals surface area (Å²) >= 11 is 4.22. The van der Waals surface area contributed by atoms with Gasteiger partial charge in [0.05, 0.1) is 19.1 Å². The van der Waals surface area contributed by atoms with Crippen molar-refractivity contribution in [1.82, 2.24) is 5.32 Å². The zero-order chi connectivity index (χ0) is 13.5. The summed E-state index contributed by atoms with van der Waals surface area (Å²) in [5, 5.41) is 2.89. The van der Waals surface area contributed by atoms with Gasteiger partial charge in [0.1, 0.15) is 0 Å². The van der Waals surface area contributed by atoms with Gasteiger partial charge in [-0.25, -0.2) is 0 Å². The van der Waals surface area contributed by atoms with Crippen LogP contribution in [0.25, 0.3) is 0 Å². The second-order valence-corrected chi connectivity index (χ2v) is 5.49. The maximum absolute atomic E-state index is 11.7. The van der Waals surface area contributed by atoms with Crippen LogP contribution in [-0.4, -0.2) is 25.2 Å². The maximum atomic E-state index is 11.7. The van der Waals surface area contributed by atoms with Crippen molar-refractivity contribution in [2.75, 3.05) is 13.2 Å². The molecule has 0 aromatic heterocycles. The highest BCUT2D eigenvalue weighted by Gasteiger charge is 2.14. The van der Waals surface area contributed by atoms with E-state index in [1.54, 1.807) is 0 Å². The first-order valence-corrected chi connectivity index (χ1v) is 7.35. The van der Waals surface area contributed by atoms with E-state index in [0.717, 1.165) is 10.5 Å². The minimum Gasteiger partial charge on any atom is -0.376 e. The third kappa shape index (κ3) is 5.25. The van der Waals surface area contributed by atoms with Gasteiger partial charge in [-0.2, -0.15) is 0 Å². The highest BCUT2D eigenvalue weighted by atomic mass is 32.1. The van der Waals surface area contributed by atoms with E-state index in [1.807, 2.05) is 24.3 Å². The zero-order valence-electron chi connectivity index (χ0n) is 11.1. The van der Waals surface area contributed by atoms with Gasteiger partial charge in [-0.05, 0) is 30.5 Å². The van der Waals surface area contributed by atoms with Gasteiger partial charge in [-0.3, -0.25) is 4.79 Å². The Morgan fingerprint density at radius 2 is 1.95 bits per heavy atom. The van der Waals surface area contributed by atoms with Gasteiger partial charge in [0.2, 0.25) is 5.91 Å². The molecule has 0 bridgehead atoms. The molecule has 0 radical (unpaired) electrons. The van der Waals surface area contributed by atoms with Crippen LogP contribution in [0.5, 0.6) is 0 Å². The number of thiol groups is 1. The molecular weight excluding hydrogens is 258 g/mol. The average Bonchev–Trinajstić information content (AvgIpc) is 2.91. The molecule has 0 heterocycles. The molecule has 4 heteroatoms. The van der Waals surface area contributed by atoms with Gasteiger partial charge < -0.3 is 10.1 Å². The van der Waals surface area contributed by atoms with Crippen LogP contribution in [0.4, 0.5) is 0 Å². The molecule has 1 fully saturated rings. The second-order valence-electron chi connectivity index (χ2n) is 4.97. The van der Waals surface area contributed by atoms with Crippen molar-refractivity contribution in [3.8, 4) is 0 Å². The number of hydrogen-bond donors (Lipinski definition) is 2. The fourth-order valence-corrected chi connectivity index (χ4v) is 2.48. The lowest BCUT2D eigenvalue weighted by molar-refractivity contribution is -0.120. The lowest BCUT2D eigenvalue weighted by Gasteiger charge is -2.11. The summed E-state index contributed by atoms with van der Waals surface area (Å²) < 4.78 is 5.69. The Morgan fingerprint density at radius 3 is 2.63 bits per heavy atom. The van der Waals surface area contributed by atoms with Crippen LogP contribution in [0.2, 0.25) is 0 Å².